The average molecular weight is 440 g/mol. The molecule has 0 aliphatic carbocycles. The number of carbonyl (C=O) groups excluding carboxylic acids is 1. The average Bonchev–Trinajstić information content (AvgIpc) is 3.34. The number of anilines is 1. The van der Waals surface area contributed by atoms with Gasteiger partial charge >= 0.3 is 0 Å². The normalized spacial score (nSPS) is 11.4. The quantitative estimate of drug-likeness (QED) is 0.406. The number of hydrogen-bond donors (Lipinski definition) is 0. The van der Waals surface area contributed by atoms with Gasteiger partial charge in [-0.2, -0.15) is 5.10 Å². The van der Waals surface area contributed by atoms with E-state index in [0.717, 1.165) is 27.0 Å². The molecule has 0 aliphatic rings. The summed E-state index contributed by atoms with van der Waals surface area (Å²) in [5, 5.41) is 5.74. The Morgan fingerprint density at radius 1 is 1.27 bits per heavy atom. The van der Waals surface area contributed by atoms with Gasteiger partial charge in [0.15, 0.2) is 5.13 Å². The first-order valence-corrected chi connectivity index (χ1v) is 10.9. The Labute approximate surface area is 184 Å². The van der Waals surface area contributed by atoms with Crippen LogP contribution >= 0.6 is 22.9 Å². The van der Waals surface area contributed by atoms with Gasteiger partial charge in [-0.1, -0.05) is 35.1 Å². The van der Waals surface area contributed by atoms with Crippen LogP contribution in [0.4, 0.5) is 5.13 Å². The molecule has 30 heavy (non-hydrogen) atoms. The van der Waals surface area contributed by atoms with Crippen LogP contribution in [0.3, 0.4) is 0 Å². The van der Waals surface area contributed by atoms with Crippen LogP contribution in [0.15, 0.2) is 42.7 Å². The van der Waals surface area contributed by atoms with Crippen LogP contribution in [0.1, 0.15) is 47.2 Å². The molecule has 0 N–H and O–H groups in total. The van der Waals surface area contributed by atoms with Crippen molar-refractivity contribution in [1.29, 1.82) is 0 Å². The molecule has 0 bridgehead atoms. The van der Waals surface area contributed by atoms with Gasteiger partial charge in [-0.15, -0.1) is 0 Å². The molecule has 3 aromatic heterocycles. The van der Waals surface area contributed by atoms with Gasteiger partial charge in [0.1, 0.15) is 5.69 Å². The number of rotatable bonds is 5. The molecule has 0 fully saturated rings. The highest BCUT2D eigenvalue weighted by Crippen LogP contribution is 2.36. The number of aryl methyl sites for hydroxylation is 2. The van der Waals surface area contributed by atoms with Crippen LogP contribution in [0.25, 0.3) is 10.2 Å². The molecule has 0 saturated heterocycles. The van der Waals surface area contributed by atoms with Crippen LogP contribution in [0, 0.1) is 13.8 Å². The number of amides is 1. The first kappa shape index (κ1) is 20.5. The topological polar surface area (TPSA) is 63.9 Å². The summed E-state index contributed by atoms with van der Waals surface area (Å²) < 4.78 is 2.64. The molecule has 0 atom stereocenters. The van der Waals surface area contributed by atoms with Crippen LogP contribution in [0.5, 0.6) is 0 Å². The summed E-state index contributed by atoms with van der Waals surface area (Å²) in [5.74, 6) is -0.152. The van der Waals surface area contributed by atoms with Crippen molar-refractivity contribution in [3.8, 4) is 0 Å². The Hall–Kier alpha value is -2.77. The van der Waals surface area contributed by atoms with Crippen molar-refractivity contribution in [2.24, 2.45) is 0 Å². The lowest BCUT2D eigenvalue weighted by Gasteiger charge is -2.21. The first-order chi connectivity index (χ1) is 14.3. The van der Waals surface area contributed by atoms with Gasteiger partial charge < -0.3 is 0 Å². The van der Waals surface area contributed by atoms with Crippen LogP contribution < -0.4 is 4.90 Å². The molecular formula is C22H22ClN5OS. The van der Waals surface area contributed by atoms with Gasteiger partial charge in [0.05, 0.1) is 27.5 Å². The maximum absolute atomic E-state index is 13.7. The van der Waals surface area contributed by atoms with Crippen molar-refractivity contribution in [1.82, 2.24) is 19.7 Å². The van der Waals surface area contributed by atoms with E-state index in [1.807, 2.05) is 58.0 Å². The van der Waals surface area contributed by atoms with Crippen molar-refractivity contribution >= 4 is 44.2 Å². The second-order valence-electron chi connectivity index (χ2n) is 7.50. The molecule has 0 radical (unpaired) electrons. The molecule has 0 spiro atoms. The van der Waals surface area contributed by atoms with Crippen molar-refractivity contribution in [3.63, 3.8) is 0 Å². The molecule has 3 heterocycles. The Kier molecular flexibility index (Phi) is 5.58. The lowest BCUT2D eigenvalue weighted by Crippen LogP contribution is -2.32. The molecule has 0 unspecified atom stereocenters. The molecule has 1 amide bonds. The molecule has 154 valence electrons. The predicted octanol–water partition coefficient (Wildman–Crippen LogP) is 5.59. The van der Waals surface area contributed by atoms with Crippen LogP contribution in [-0.4, -0.2) is 25.7 Å². The number of carbonyl (C=O) groups is 1. The number of benzene rings is 1. The minimum atomic E-state index is -0.152. The van der Waals surface area contributed by atoms with Gasteiger partial charge in [-0.3, -0.25) is 19.4 Å². The third-order valence-corrected chi connectivity index (χ3v) is 6.33. The van der Waals surface area contributed by atoms with E-state index in [-0.39, 0.29) is 11.9 Å². The van der Waals surface area contributed by atoms with Crippen LogP contribution in [-0.2, 0) is 6.54 Å². The third-order valence-electron chi connectivity index (χ3n) is 4.79. The Morgan fingerprint density at radius 3 is 2.73 bits per heavy atom. The van der Waals surface area contributed by atoms with Crippen molar-refractivity contribution < 1.29 is 4.79 Å². The SMILES string of the molecule is Cc1cc(C(=O)N(Cc2cccnc2)c2nc3c(C)ccc(Cl)c3s2)n(C(C)C)n1. The highest BCUT2D eigenvalue weighted by Gasteiger charge is 2.26. The summed E-state index contributed by atoms with van der Waals surface area (Å²) in [6, 6.07) is 9.50. The summed E-state index contributed by atoms with van der Waals surface area (Å²) in [6.45, 7) is 8.26. The van der Waals surface area contributed by atoms with E-state index >= 15 is 0 Å². The van der Waals surface area contributed by atoms with Gasteiger partial charge in [0.25, 0.3) is 5.91 Å². The summed E-state index contributed by atoms with van der Waals surface area (Å²) >= 11 is 7.84. The maximum Gasteiger partial charge on any atom is 0.278 e. The second-order valence-corrected chi connectivity index (χ2v) is 8.89. The fourth-order valence-electron chi connectivity index (χ4n) is 3.32. The fourth-order valence-corrected chi connectivity index (χ4v) is 4.63. The molecule has 4 aromatic rings. The van der Waals surface area contributed by atoms with Crippen molar-refractivity contribution in [2.75, 3.05) is 4.90 Å². The number of hydrogen-bond acceptors (Lipinski definition) is 5. The van der Waals surface area contributed by atoms with E-state index in [9.17, 15) is 4.79 Å². The van der Waals surface area contributed by atoms with Gasteiger partial charge in [-0.25, -0.2) is 4.98 Å². The molecule has 0 saturated carbocycles. The largest absolute Gasteiger partial charge is 0.278 e. The standard InChI is InChI=1S/C22H22ClN5OS/c1-13(2)28-18(10-15(4)26-28)21(29)27(12-16-6-5-9-24-11-16)22-25-19-14(3)7-8-17(23)20(19)30-22/h5-11,13H,12H2,1-4H3. The highest BCUT2D eigenvalue weighted by molar-refractivity contribution is 7.23. The lowest BCUT2D eigenvalue weighted by atomic mass is 10.2. The zero-order chi connectivity index (χ0) is 21.4. The fraction of sp³-hybridized carbons (Fsp3) is 0.273. The summed E-state index contributed by atoms with van der Waals surface area (Å²) in [6.07, 6.45) is 3.48. The minimum absolute atomic E-state index is 0.0601. The van der Waals surface area contributed by atoms with Gasteiger partial charge in [0.2, 0.25) is 0 Å². The summed E-state index contributed by atoms with van der Waals surface area (Å²) in [5.41, 5.74) is 4.10. The number of pyridine rings is 1. The van der Waals surface area contributed by atoms with Gasteiger partial charge in [-0.05, 0) is 57.0 Å². The van der Waals surface area contributed by atoms with Crippen molar-refractivity contribution in [2.45, 2.75) is 40.3 Å². The minimum Gasteiger partial charge on any atom is -0.278 e. The van der Waals surface area contributed by atoms with E-state index < -0.39 is 0 Å². The van der Waals surface area contributed by atoms with E-state index in [4.69, 9.17) is 16.6 Å². The summed E-state index contributed by atoms with van der Waals surface area (Å²) in [4.78, 5) is 24.4. The second kappa shape index (κ2) is 8.16. The monoisotopic (exact) mass is 439 g/mol. The number of halogens is 1. The lowest BCUT2D eigenvalue weighted by molar-refractivity contribution is 0.0973. The van der Waals surface area contributed by atoms with E-state index in [1.54, 1.807) is 22.0 Å². The zero-order valence-electron chi connectivity index (χ0n) is 17.3. The molecule has 8 heteroatoms. The predicted molar refractivity (Wildman–Crippen MR) is 121 cm³/mol. The number of thiazole rings is 1. The Morgan fingerprint density at radius 2 is 2.07 bits per heavy atom. The zero-order valence-corrected chi connectivity index (χ0v) is 18.8. The smallest absolute Gasteiger partial charge is 0.278 e. The first-order valence-electron chi connectivity index (χ1n) is 9.67. The molecule has 1 aromatic carbocycles. The van der Waals surface area contributed by atoms with E-state index in [2.05, 4.69) is 10.1 Å². The van der Waals surface area contributed by atoms with E-state index in [0.29, 0.717) is 22.4 Å². The Bertz CT molecular complexity index is 1180. The highest BCUT2D eigenvalue weighted by atomic mass is 35.5. The Balaban J connectivity index is 1.84. The molecule has 6 nitrogen and oxygen atoms in total. The van der Waals surface area contributed by atoms with Gasteiger partial charge in [0, 0.05) is 18.4 Å². The molecular weight excluding hydrogens is 418 g/mol. The summed E-state index contributed by atoms with van der Waals surface area (Å²) in [7, 11) is 0. The number of fused-ring (bicyclic) bond motifs is 1. The van der Waals surface area contributed by atoms with Crippen molar-refractivity contribution in [3.05, 3.63) is 70.3 Å². The number of nitrogens with zero attached hydrogens (tertiary/aromatic N) is 5. The maximum atomic E-state index is 13.7. The third kappa shape index (κ3) is 3.82. The van der Waals surface area contributed by atoms with Crippen LogP contribution in [0.2, 0.25) is 5.02 Å². The van der Waals surface area contributed by atoms with E-state index in [1.165, 1.54) is 11.3 Å². The molecule has 4 rings (SSSR count). The molecule has 0 aliphatic heterocycles. The number of aromatic nitrogens is 4.